The molecule has 0 bridgehead atoms. The lowest BCUT2D eigenvalue weighted by Gasteiger charge is -2.14. The molecule has 27 nitrogen and oxygen atoms in total. The van der Waals surface area contributed by atoms with Gasteiger partial charge in [0.2, 0.25) is 23.8 Å². The molecule has 15 heterocycles. The Bertz CT molecular complexity index is 6860. The Labute approximate surface area is 704 Å². The number of hydrogen-bond acceptors (Lipinski definition) is 21. The normalized spacial score (nSPS) is 13.5. The number of aromatic nitrogens is 17. The lowest BCUT2D eigenvalue weighted by molar-refractivity contribution is 0.356. The van der Waals surface area contributed by atoms with E-state index >= 15 is 0 Å². The Morgan fingerprint density at radius 1 is 0.415 bits per heavy atom. The van der Waals surface area contributed by atoms with E-state index in [4.69, 9.17) is 33.9 Å². The summed E-state index contributed by atoms with van der Waals surface area (Å²) in [6.07, 6.45) is 25.2. The fraction of sp³-hybridized carbons (Fsp3) is 0.283. The van der Waals surface area contributed by atoms with Gasteiger partial charge in [0.1, 0.15) is 63.2 Å². The van der Waals surface area contributed by atoms with Crippen molar-refractivity contribution in [3.05, 3.63) is 276 Å². The van der Waals surface area contributed by atoms with Crippen molar-refractivity contribution in [1.29, 1.82) is 0 Å². The minimum absolute atomic E-state index is 0.225. The standard InChI is InChI=1S/C25H27FN6O.C24H23FN4O.C22H21FN6O.C21H19FN6O2/c1-15-9-17(14-31(3)4)27-10-19(15)21-12-29-25(32-13-16(2)30-24(21)32)28-11-20-18-7-8-33-23(18)6-5-22(20)26;1-14-4-5-17(15(2)10-14)20-12-27-24(29-13-16(3)28-23(20)29)26-11-19-18-8-9-30-22(18)7-6-21(19)25;1-13-12-28-21(27-13)17(19-6-8-26-29(19)14-2-3-14)11-25-22(28)24-10-16-15-7-9-30-20(15)5-4-18(16)23;1-12-11-28-19(26-12)16(14-5-7-25-27(2)20(14)29)10-24-21(28)23-9-15-13-6-8-30-18(13)4-3-17(15)22/h5-6,9-10,12-13H,7-8,11,14H2,1-4H3,(H,28,29);4-7,10,12-13H,8-9,11H2,1-3H3,(H,26,27);4-6,8,11-12,14H,2-3,7,9-10H2,1H3,(H,24,25);3-5,7,10-11H,6,8-9H2,1-2H3,(H,23,24). The second kappa shape index (κ2) is 33.5. The van der Waals surface area contributed by atoms with E-state index in [-0.39, 0.29) is 35.4 Å². The van der Waals surface area contributed by atoms with Crippen LogP contribution in [0.15, 0.2) is 158 Å². The highest BCUT2D eigenvalue weighted by Crippen LogP contribution is 2.41. The summed E-state index contributed by atoms with van der Waals surface area (Å²) in [5, 5.41) is 21.6. The third-order valence-electron chi connectivity index (χ3n) is 22.6. The van der Waals surface area contributed by atoms with Gasteiger partial charge in [-0.2, -0.15) is 10.2 Å². The van der Waals surface area contributed by atoms with E-state index in [1.807, 2.05) is 117 Å². The second-order valence-electron chi connectivity index (χ2n) is 31.7. The van der Waals surface area contributed by atoms with Gasteiger partial charge in [-0.15, -0.1) is 0 Å². The largest absolute Gasteiger partial charge is 0.493 e. The predicted octanol–water partition coefficient (Wildman–Crippen LogP) is 15.6. The number of anilines is 4. The van der Waals surface area contributed by atoms with Crippen molar-refractivity contribution < 1.29 is 36.5 Å². The number of pyridine rings is 1. The highest BCUT2D eigenvalue weighted by molar-refractivity contribution is 5.82. The topological polar surface area (TPSA) is 275 Å². The smallest absolute Gasteiger partial charge is 0.274 e. The van der Waals surface area contributed by atoms with Gasteiger partial charge in [0.15, 0.2) is 5.65 Å². The van der Waals surface area contributed by atoms with Crippen LogP contribution in [0.1, 0.15) is 109 Å². The number of nitrogens with zero attached hydrogens (tertiary/aromatic N) is 18. The van der Waals surface area contributed by atoms with Crippen LogP contribution in [-0.2, 0) is 65.5 Å². The fourth-order valence-electron chi connectivity index (χ4n) is 16.6. The number of nitrogens with one attached hydrogen (secondary N) is 4. The summed E-state index contributed by atoms with van der Waals surface area (Å²) in [6, 6.07) is 25.2. The molecule has 0 unspecified atom stereocenters. The van der Waals surface area contributed by atoms with E-state index < -0.39 is 0 Å². The third kappa shape index (κ3) is 16.0. The number of hydrogen-bond donors (Lipinski definition) is 4. The molecule has 1 saturated carbocycles. The first-order chi connectivity index (χ1) is 59.6. The number of fused-ring (bicyclic) bond motifs is 8. The molecule has 5 aromatic carbocycles. The molecule has 1 fully saturated rings. The monoisotopic (exact) mass is 1660 g/mol. The van der Waals surface area contributed by atoms with Crippen LogP contribution < -0.4 is 45.8 Å². The van der Waals surface area contributed by atoms with Crippen molar-refractivity contribution in [1.82, 2.24) is 86.9 Å². The Morgan fingerprint density at radius 3 is 1.17 bits per heavy atom. The van der Waals surface area contributed by atoms with Gasteiger partial charge in [-0.25, -0.2) is 62.1 Å². The summed E-state index contributed by atoms with van der Waals surface area (Å²) in [7, 11) is 5.65. The molecular formula is C92H90F4N22O5. The van der Waals surface area contributed by atoms with E-state index in [1.54, 1.807) is 54.2 Å². The number of halogens is 4. The van der Waals surface area contributed by atoms with E-state index in [1.165, 1.54) is 40.1 Å². The van der Waals surface area contributed by atoms with Crippen molar-refractivity contribution in [2.24, 2.45) is 7.05 Å². The molecule has 1 aliphatic carbocycles. The summed E-state index contributed by atoms with van der Waals surface area (Å²) >= 11 is 0. The van der Waals surface area contributed by atoms with Gasteiger partial charge in [-0.05, 0) is 159 Å². The summed E-state index contributed by atoms with van der Waals surface area (Å²) in [4.78, 5) is 56.5. The van der Waals surface area contributed by atoms with Crippen LogP contribution in [0.25, 0.3) is 67.2 Å². The summed E-state index contributed by atoms with van der Waals surface area (Å²) in [6.45, 7) is 18.4. The lowest BCUT2D eigenvalue weighted by atomic mass is 10.0. The van der Waals surface area contributed by atoms with Gasteiger partial charge in [0.05, 0.1) is 77.8 Å². The predicted molar refractivity (Wildman–Crippen MR) is 461 cm³/mol. The SMILES string of the molecule is Cc1ccc(-c2cnc(NCc3c(F)ccc4c3CCO4)n3cc(C)nc23)c(C)c1.Cc1cn2c(NCc3c(F)ccc4c3CCO4)ncc(-c3ccnn(C)c3=O)c2n1.Cc1cn2c(NCc3c(F)ccc4c3CCO4)ncc(-c3ccnn3C3CC3)c2n1.Cc1cn2c(NCc3c(F)ccc4c3CCO4)ncc(-c3cnc(CN(C)C)cc3C)c2n1. The van der Waals surface area contributed by atoms with E-state index in [9.17, 15) is 22.4 Å². The molecule has 0 radical (unpaired) electrons. The molecule has 11 aromatic heterocycles. The number of ether oxygens (including phenoxy) is 4. The van der Waals surface area contributed by atoms with E-state index in [0.29, 0.717) is 128 Å². The molecule has 4 aliphatic heterocycles. The first-order valence-corrected chi connectivity index (χ1v) is 40.9. The van der Waals surface area contributed by atoms with Crippen molar-refractivity contribution in [3.8, 4) is 67.6 Å². The van der Waals surface area contributed by atoms with Gasteiger partial charge in [-0.3, -0.25) is 32.1 Å². The molecule has 5 aliphatic rings. The van der Waals surface area contributed by atoms with Gasteiger partial charge in [-0.1, -0.05) is 23.8 Å². The first-order valence-electron chi connectivity index (χ1n) is 40.9. The van der Waals surface area contributed by atoms with E-state index in [2.05, 4.69) is 116 Å². The molecule has 0 atom stereocenters. The summed E-state index contributed by atoms with van der Waals surface area (Å²) in [5.41, 5.74) is 24.0. The zero-order chi connectivity index (χ0) is 85.0. The molecule has 626 valence electrons. The minimum Gasteiger partial charge on any atom is -0.493 e. The molecule has 31 heteroatoms. The average Bonchev–Trinajstić information content (AvgIpc) is 1.61. The van der Waals surface area contributed by atoms with Gasteiger partial charge in [0.25, 0.3) is 5.56 Å². The van der Waals surface area contributed by atoms with Crippen LogP contribution in [0, 0.1) is 71.7 Å². The maximum absolute atomic E-state index is 14.6. The van der Waals surface area contributed by atoms with Crippen molar-refractivity contribution in [2.75, 3.05) is 61.8 Å². The molecule has 21 rings (SSSR count). The molecule has 0 spiro atoms. The molecule has 16 aromatic rings. The number of imidazole rings is 4. The van der Waals surface area contributed by atoms with Crippen molar-refractivity contribution in [3.63, 3.8) is 0 Å². The molecule has 0 amide bonds. The van der Waals surface area contributed by atoms with Crippen molar-refractivity contribution >= 4 is 46.4 Å². The Kier molecular flexibility index (Phi) is 21.8. The Hall–Kier alpha value is -14.1. The average molecular weight is 1660 g/mol. The second-order valence-corrected chi connectivity index (χ2v) is 31.7. The van der Waals surface area contributed by atoms with Crippen LogP contribution in [0.2, 0.25) is 0 Å². The lowest BCUT2D eigenvalue weighted by Crippen LogP contribution is -2.21. The first kappa shape index (κ1) is 80.0. The van der Waals surface area contributed by atoms with Crippen LogP contribution in [0.4, 0.5) is 41.4 Å². The van der Waals surface area contributed by atoms with Crippen LogP contribution in [-0.4, -0.2) is 127 Å². The van der Waals surface area contributed by atoms with Gasteiger partial charge >= 0.3 is 0 Å². The van der Waals surface area contributed by atoms with Crippen LogP contribution in [0.5, 0.6) is 23.0 Å². The maximum Gasteiger partial charge on any atom is 0.274 e. The molecule has 4 N–H and O–H groups in total. The number of aryl methyl sites for hydroxylation is 8. The fourth-order valence-corrected chi connectivity index (χ4v) is 16.6. The zero-order valence-electron chi connectivity index (χ0n) is 69.7. The van der Waals surface area contributed by atoms with Gasteiger partial charge < -0.3 is 45.1 Å². The Morgan fingerprint density at radius 2 is 0.780 bits per heavy atom. The molecule has 0 saturated heterocycles. The van der Waals surface area contributed by atoms with Gasteiger partial charge in [0, 0.05) is 200 Å². The minimum atomic E-state index is -0.276. The third-order valence-corrected chi connectivity index (χ3v) is 22.6. The summed E-state index contributed by atoms with van der Waals surface area (Å²) < 4.78 is 91.2. The van der Waals surface area contributed by atoms with Crippen LogP contribution >= 0.6 is 0 Å². The van der Waals surface area contributed by atoms with E-state index in [0.717, 1.165) is 162 Å². The van der Waals surface area contributed by atoms with Crippen molar-refractivity contribution in [2.45, 2.75) is 126 Å². The highest BCUT2D eigenvalue weighted by Gasteiger charge is 2.30. The number of rotatable bonds is 19. The highest BCUT2D eigenvalue weighted by atomic mass is 19.1. The molecule has 123 heavy (non-hydrogen) atoms. The number of benzene rings is 5. The summed E-state index contributed by atoms with van der Waals surface area (Å²) in [5.74, 6) is 4.46. The quantitative estimate of drug-likeness (QED) is 0.0548. The Balaban J connectivity index is 0.000000112. The van der Waals surface area contributed by atoms with Crippen LogP contribution in [0.3, 0.4) is 0 Å². The molecular weight excluding hydrogens is 1570 g/mol. The zero-order valence-corrected chi connectivity index (χ0v) is 69.7. The maximum atomic E-state index is 14.6.